The van der Waals surface area contributed by atoms with Crippen molar-refractivity contribution in [1.29, 1.82) is 0 Å². The fourth-order valence-corrected chi connectivity index (χ4v) is 4.66. The maximum atomic E-state index is 12.5. The lowest BCUT2D eigenvalue weighted by Crippen LogP contribution is -2.41. The van der Waals surface area contributed by atoms with Gasteiger partial charge in [-0.3, -0.25) is 14.5 Å². The largest absolute Gasteiger partial charge is 0.480 e. The van der Waals surface area contributed by atoms with Gasteiger partial charge in [0.25, 0.3) is 5.91 Å². The zero-order valence-electron chi connectivity index (χ0n) is 20.5. The van der Waals surface area contributed by atoms with Crippen LogP contribution in [0.5, 0.6) is 0 Å². The molecule has 0 saturated carbocycles. The van der Waals surface area contributed by atoms with Crippen LogP contribution in [0.2, 0.25) is 0 Å². The van der Waals surface area contributed by atoms with E-state index < -0.39 is 10.7 Å². The molecule has 36 heavy (non-hydrogen) atoms. The van der Waals surface area contributed by atoms with Crippen LogP contribution >= 0.6 is 11.8 Å². The number of carbonyl (C=O) groups excluding carboxylic acids is 1. The van der Waals surface area contributed by atoms with Crippen LogP contribution in [-0.2, 0) is 27.4 Å². The molecule has 0 bridgehead atoms. The predicted octanol–water partition coefficient (Wildman–Crippen LogP) is 4.92. The molecule has 0 aliphatic carbocycles. The number of thioether (sulfide) groups is 1. The van der Waals surface area contributed by atoms with Crippen molar-refractivity contribution in [3.63, 3.8) is 0 Å². The predicted molar refractivity (Wildman–Crippen MR) is 139 cm³/mol. The summed E-state index contributed by atoms with van der Waals surface area (Å²) in [4.78, 5) is 27.0. The van der Waals surface area contributed by atoms with Gasteiger partial charge in [0.05, 0.1) is 25.0 Å². The van der Waals surface area contributed by atoms with E-state index in [9.17, 15) is 14.7 Å². The van der Waals surface area contributed by atoms with Crippen LogP contribution < -0.4 is 5.01 Å². The van der Waals surface area contributed by atoms with Crippen LogP contribution in [0.15, 0.2) is 81.3 Å². The van der Waals surface area contributed by atoms with Crippen LogP contribution in [0.25, 0.3) is 0 Å². The monoisotopic (exact) mass is 507 g/mol. The molecule has 1 amide bonds. The Morgan fingerprint density at radius 3 is 2.50 bits per heavy atom. The fourth-order valence-electron chi connectivity index (χ4n) is 3.71. The standard InChI is InChI=1S/C27H29N3O5S/c1-19-7-4-5-9-23(19)30-25(31)18-35-24(28-30)17-29(16-21-8-6-14-34-21)15-20-10-12-22(13-11-20)36-27(2,3)26(32)33/h4-14H,15-18H2,1-3H3,(H,32,33). The zero-order chi connectivity index (χ0) is 25.7. The molecule has 0 spiro atoms. The number of hydrazone groups is 1. The van der Waals surface area contributed by atoms with Gasteiger partial charge in [0.15, 0.2) is 6.61 Å². The number of carboxylic acid groups (broad SMARTS) is 1. The average molecular weight is 508 g/mol. The van der Waals surface area contributed by atoms with E-state index in [2.05, 4.69) is 10.0 Å². The number of aryl methyl sites for hydroxylation is 1. The first-order valence-corrected chi connectivity index (χ1v) is 12.4. The maximum absolute atomic E-state index is 12.5. The Hall–Kier alpha value is -3.56. The van der Waals surface area contributed by atoms with Crippen molar-refractivity contribution in [2.24, 2.45) is 5.10 Å². The highest BCUT2D eigenvalue weighted by molar-refractivity contribution is 8.01. The summed E-state index contributed by atoms with van der Waals surface area (Å²) < 4.78 is 10.3. The van der Waals surface area contributed by atoms with Crippen LogP contribution in [0.4, 0.5) is 5.69 Å². The molecule has 9 heteroatoms. The van der Waals surface area contributed by atoms with Gasteiger partial charge >= 0.3 is 5.97 Å². The molecule has 0 saturated heterocycles. The number of furan rings is 1. The number of hydrogen-bond donors (Lipinski definition) is 1. The van der Waals surface area contributed by atoms with Crippen LogP contribution in [0.3, 0.4) is 0 Å². The number of ether oxygens (including phenoxy) is 1. The molecule has 0 radical (unpaired) electrons. The Morgan fingerprint density at radius 2 is 1.83 bits per heavy atom. The highest BCUT2D eigenvalue weighted by atomic mass is 32.2. The van der Waals surface area contributed by atoms with Crippen molar-refractivity contribution in [2.75, 3.05) is 18.2 Å². The number of amides is 1. The summed E-state index contributed by atoms with van der Waals surface area (Å²) in [5, 5.41) is 15.3. The Morgan fingerprint density at radius 1 is 1.08 bits per heavy atom. The van der Waals surface area contributed by atoms with E-state index in [1.807, 2.05) is 67.6 Å². The summed E-state index contributed by atoms with van der Waals surface area (Å²) in [6.07, 6.45) is 1.64. The second-order valence-electron chi connectivity index (χ2n) is 9.06. The molecular formula is C27H29N3O5S. The van der Waals surface area contributed by atoms with Gasteiger partial charge in [0.1, 0.15) is 10.5 Å². The van der Waals surface area contributed by atoms with Crippen molar-refractivity contribution in [2.45, 2.75) is 43.5 Å². The Balaban J connectivity index is 1.52. The van der Waals surface area contributed by atoms with Gasteiger partial charge in [-0.1, -0.05) is 30.3 Å². The summed E-state index contributed by atoms with van der Waals surface area (Å²) in [5.74, 6) is 0.170. The molecule has 0 atom stereocenters. The minimum absolute atomic E-state index is 0.0763. The number of benzene rings is 2. The first-order valence-electron chi connectivity index (χ1n) is 11.6. The minimum atomic E-state index is -0.913. The van der Waals surface area contributed by atoms with E-state index in [0.717, 1.165) is 27.5 Å². The summed E-state index contributed by atoms with van der Waals surface area (Å²) in [6, 6.07) is 19.2. The Bertz CT molecular complexity index is 1240. The molecule has 0 fully saturated rings. The van der Waals surface area contributed by atoms with Gasteiger partial charge in [-0.2, -0.15) is 5.01 Å². The Labute approximate surface area is 214 Å². The molecule has 2 aromatic carbocycles. The van der Waals surface area contributed by atoms with E-state index in [4.69, 9.17) is 9.15 Å². The van der Waals surface area contributed by atoms with Gasteiger partial charge in [-0.15, -0.1) is 16.9 Å². The number of anilines is 1. The highest BCUT2D eigenvalue weighted by Crippen LogP contribution is 2.33. The van der Waals surface area contributed by atoms with Crippen molar-refractivity contribution in [3.8, 4) is 0 Å². The summed E-state index contributed by atoms with van der Waals surface area (Å²) in [5.41, 5.74) is 2.73. The third kappa shape index (κ3) is 6.35. The molecule has 3 aromatic rings. The molecule has 1 N–H and O–H groups in total. The third-order valence-corrected chi connectivity index (χ3v) is 6.88. The van der Waals surface area contributed by atoms with Gasteiger partial charge in [0.2, 0.25) is 5.90 Å². The summed E-state index contributed by atoms with van der Waals surface area (Å²) >= 11 is 1.31. The minimum Gasteiger partial charge on any atom is -0.480 e. The number of nitrogens with zero attached hydrogens (tertiary/aromatic N) is 3. The quantitative estimate of drug-likeness (QED) is 0.389. The normalized spacial score (nSPS) is 14.1. The lowest BCUT2D eigenvalue weighted by molar-refractivity contribution is -0.138. The van der Waals surface area contributed by atoms with E-state index in [-0.39, 0.29) is 12.5 Å². The first kappa shape index (κ1) is 25.5. The number of aliphatic carboxylic acids is 1. The molecule has 8 nitrogen and oxygen atoms in total. The number of hydrogen-bond acceptors (Lipinski definition) is 7. The van der Waals surface area contributed by atoms with Crippen molar-refractivity contribution < 1.29 is 23.8 Å². The molecule has 4 rings (SSSR count). The second-order valence-corrected chi connectivity index (χ2v) is 10.8. The number of carboxylic acids is 1. The molecule has 1 aliphatic rings. The number of para-hydroxylation sites is 1. The van der Waals surface area contributed by atoms with Crippen LogP contribution in [0.1, 0.15) is 30.7 Å². The second kappa shape index (κ2) is 11.0. The lowest BCUT2D eigenvalue weighted by Gasteiger charge is -2.28. The van der Waals surface area contributed by atoms with E-state index >= 15 is 0 Å². The molecule has 188 valence electrons. The Kier molecular flexibility index (Phi) is 7.81. The topological polar surface area (TPSA) is 95.6 Å². The molecular weight excluding hydrogens is 478 g/mol. The van der Waals surface area contributed by atoms with Crippen molar-refractivity contribution >= 4 is 35.2 Å². The van der Waals surface area contributed by atoms with Gasteiger partial charge in [-0.25, -0.2) is 0 Å². The van der Waals surface area contributed by atoms with E-state index in [1.165, 1.54) is 16.8 Å². The smallest absolute Gasteiger partial charge is 0.319 e. The van der Waals surface area contributed by atoms with Gasteiger partial charge < -0.3 is 14.3 Å². The van der Waals surface area contributed by atoms with Crippen molar-refractivity contribution in [1.82, 2.24) is 4.90 Å². The molecule has 1 aromatic heterocycles. The third-order valence-electron chi connectivity index (χ3n) is 5.69. The number of rotatable bonds is 10. The average Bonchev–Trinajstić information content (AvgIpc) is 3.35. The molecule has 0 unspecified atom stereocenters. The van der Waals surface area contributed by atoms with Crippen molar-refractivity contribution in [3.05, 3.63) is 83.8 Å². The number of carbonyl (C=O) groups is 2. The molecule has 2 heterocycles. The highest BCUT2D eigenvalue weighted by Gasteiger charge is 2.29. The van der Waals surface area contributed by atoms with Crippen LogP contribution in [0, 0.1) is 6.92 Å². The van der Waals surface area contributed by atoms with E-state index in [1.54, 1.807) is 20.1 Å². The lowest BCUT2D eigenvalue weighted by atomic mass is 10.2. The summed E-state index contributed by atoms with van der Waals surface area (Å²) in [7, 11) is 0. The van der Waals surface area contributed by atoms with E-state index in [0.29, 0.717) is 25.5 Å². The summed E-state index contributed by atoms with van der Waals surface area (Å²) in [6.45, 7) is 6.72. The van der Waals surface area contributed by atoms with Gasteiger partial charge in [-0.05, 0) is 62.2 Å². The van der Waals surface area contributed by atoms with Crippen LogP contribution in [-0.4, -0.2) is 45.7 Å². The maximum Gasteiger partial charge on any atom is 0.319 e. The zero-order valence-corrected chi connectivity index (χ0v) is 21.3. The molecule has 1 aliphatic heterocycles. The first-order chi connectivity index (χ1) is 17.2. The SMILES string of the molecule is Cc1ccccc1N1N=C(CN(Cc2ccc(SC(C)(C)C(=O)O)cc2)Cc2ccco2)OCC1=O. The fraction of sp³-hybridized carbons (Fsp3) is 0.296. The van der Waals surface area contributed by atoms with Gasteiger partial charge in [0, 0.05) is 11.4 Å².